The van der Waals surface area contributed by atoms with E-state index in [4.69, 9.17) is 0 Å². The van der Waals surface area contributed by atoms with Gasteiger partial charge < -0.3 is 10.1 Å². The van der Waals surface area contributed by atoms with Crippen molar-refractivity contribution in [1.29, 1.82) is 0 Å². The Balaban J connectivity index is 2.66. The molecule has 0 aliphatic carbocycles. The second-order valence-electron chi connectivity index (χ2n) is 4.67. The number of nitrogens with one attached hydrogen (secondary N) is 2. The molecule has 0 fully saturated rings. The Hall–Kier alpha value is -1.90. The van der Waals surface area contributed by atoms with E-state index in [9.17, 15) is 0 Å². The average Bonchev–Trinajstić information content (AvgIpc) is 2.82. The van der Waals surface area contributed by atoms with Gasteiger partial charge in [-0.25, -0.2) is 0 Å². The van der Waals surface area contributed by atoms with Crippen LogP contribution in [-0.2, 0) is 13.5 Å². The van der Waals surface area contributed by atoms with Crippen molar-refractivity contribution in [3.63, 3.8) is 0 Å². The highest BCUT2D eigenvalue weighted by Gasteiger charge is 2.05. The van der Waals surface area contributed by atoms with Gasteiger partial charge in [0.2, 0.25) is 0 Å². The number of rotatable bonds is 2. The highest BCUT2D eigenvalue weighted by molar-refractivity contribution is 5.63. The molecule has 3 heteroatoms. The normalized spacial score (nSPS) is 10.4. The standard InChI is InChI=1S/C15H21N3/c1-5-13-6-7-15(17-13)14-10-18(4)16-9-8-11(2)12(14)3/h6-10,16-17H,5H2,1-4H3. The Morgan fingerprint density at radius 2 is 1.94 bits per heavy atom. The second-order valence-corrected chi connectivity index (χ2v) is 4.67. The molecule has 0 aliphatic rings. The summed E-state index contributed by atoms with van der Waals surface area (Å²) in [6.45, 7) is 6.46. The zero-order chi connectivity index (χ0) is 13.1. The highest BCUT2D eigenvalue weighted by atomic mass is 15.2. The van der Waals surface area contributed by atoms with E-state index in [0.29, 0.717) is 0 Å². The van der Waals surface area contributed by atoms with Gasteiger partial charge in [-0.05, 0) is 49.6 Å². The third-order valence-corrected chi connectivity index (χ3v) is 3.35. The van der Waals surface area contributed by atoms with Gasteiger partial charge in [0.1, 0.15) is 0 Å². The van der Waals surface area contributed by atoms with Crippen LogP contribution in [0.25, 0.3) is 11.3 Å². The smallest absolute Gasteiger partial charge is 0.0474 e. The van der Waals surface area contributed by atoms with Crippen LogP contribution in [0.5, 0.6) is 0 Å². The van der Waals surface area contributed by atoms with E-state index in [1.165, 1.54) is 28.1 Å². The Kier molecular flexibility index (Phi) is 3.60. The Labute approximate surface area is 108 Å². The average molecular weight is 243 g/mol. The molecule has 0 spiro atoms. The molecule has 0 radical (unpaired) electrons. The van der Waals surface area contributed by atoms with E-state index in [2.05, 4.69) is 55.2 Å². The predicted molar refractivity (Wildman–Crippen MR) is 76.0 cm³/mol. The SMILES string of the molecule is CCc1ccc(-c2cn(C)[nH]ccc(C)c2C)[nH]1. The van der Waals surface area contributed by atoms with Gasteiger partial charge in [-0.1, -0.05) is 6.92 Å². The molecule has 2 heterocycles. The van der Waals surface area contributed by atoms with Crippen molar-refractivity contribution in [1.82, 2.24) is 14.8 Å². The Morgan fingerprint density at radius 1 is 1.17 bits per heavy atom. The molecule has 0 unspecified atom stereocenters. The van der Waals surface area contributed by atoms with Crippen LogP contribution >= 0.6 is 0 Å². The van der Waals surface area contributed by atoms with Crippen LogP contribution < -0.4 is 0 Å². The minimum Gasteiger partial charge on any atom is -0.358 e. The fourth-order valence-corrected chi connectivity index (χ4v) is 2.02. The van der Waals surface area contributed by atoms with Crippen molar-refractivity contribution >= 4 is 0 Å². The van der Waals surface area contributed by atoms with Gasteiger partial charge in [0, 0.05) is 36.4 Å². The lowest BCUT2D eigenvalue weighted by Crippen LogP contribution is -1.96. The number of H-pyrrole nitrogens is 2. The topological polar surface area (TPSA) is 36.5 Å². The summed E-state index contributed by atoms with van der Waals surface area (Å²) >= 11 is 0. The lowest BCUT2D eigenvalue weighted by atomic mass is 10.1. The van der Waals surface area contributed by atoms with Crippen molar-refractivity contribution < 1.29 is 0 Å². The number of aromatic amines is 2. The van der Waals surface area contributed by atoms with Gasteiger partial charge in [0.05, 0.1) is 0 Å². The quantitative estimate of drug-likeness (QED) is 0.808. The summed E-state index contributed by atoms with van der Waals surface area (Å²) in [4.78, 5) is 3.47. The van der Waals surface area contributed by atoms with Crippen LogP contribution in [0.2, 0.25) is 0 Å². The molecular weight excluding hydrogens is 222 g/mol. The maximum absolute atomic E-state index is 3.47. The molecule has 0 saturated heterocycles. The Bertz CT molecular complexity index is 583. The minimum atomic E-state index is 1.03. The fraction of sp³-hybridized carbons (Fsp3) is 0.333. The van der Waals surface area contributed by atoms with Crippen LogP contribution in [0, 0.1) is 13.8 Å². The Morgan fingerprint density at radius 3 is 2.61 bits per heavy atom. The van der Waals surface area contributed by atoms with E-state index in [1.807, 2.05) is 17.9 Å². The molecule has 0 saturated carbocycles. The number of aryl methyl sites for hydroxylation is 3. The lowest BCUT2D eigenvalue weighted by Gasteiger charge is -2.07. The van der Waals surface area contributed by atoms with Crippen molar-refractivity contribution in [2.24, 2.45) is 7.05 Å². The minimum absolute atomic E-state index is 1.03. The van der Waals surface area contributed by atoms with E-state index in [-0.39, 0.29) is 0 Å². The summed E-state index contributed by atoms with van der Waals surface area (Å²) in [6.07, 6.45) is 5.11. The van der Waals surface area contributed by atoms with Crippen LogP contribution in [-0.4, -0.2) is 14.8 Å². The zero-order valence-electron chi connectivity index (χ0n) is 11.5. The summed E-state index contributed by atoms with van der Waals surface area (Å²) in [7, 11) is 2.00. The molecule has 2 rings (SSSR count). The molecule has 0 aliphatic heterocycles. The molecule has 0 aromatic carbocycles. The molecule has 96 valence electrons. The predicted octanol–water partition coefficient (Wildman–Crippen LogP) is 3.65. The number of hydrogen-bond acceptors (Lipinski definition) is 0. The fourth-order valence-electron chi connectivity index (χ4n) is 2.02. The van der Waals surface area contributed by atoms with Crippen LogP contribution in [0.4, 0.5) is 0 Å². The number of aromatic nitrogens is 3. The van der Waals surface area contributed by atoms with Crippen molar-refractivity contribution in [2.45, 2.75) is 27.2 Å². The zero-order valence-corrected chi connectivity index (χ0v) is 11.5. The third kappa shape index (κ3) is 2.50. The molecule has 0 atom stereocenters. The van der Waals surface area contributed by atoms with Gasteiger partial charge in [-0.15, -0.1) is 0 Å². The van der Waals surface area contributed by atoms with Gasteiger partial charge in [-0.2, -0.15) is 0 Å². The third-order valence-electron chi connectivity index (χ3n) is 3.35. The molecule has 0 amide bonds. The monoisotopic (exact) mass is 243 g/mol. The van der Waals surface area contributed by atoms with Crippen LogP contribution in [0.1, 0.15) is 23.7 Å². The first kappa shape index (κ1) is 12.6. The van der Waals surface area contributed by atoms with Gasteiger partial charge >= 0.3 is 0 Å². The summed E-state index contributed by atoms with van der Waals surface area (Å²) in [5.74, 6) is 0. The first-order valence-corrected chi connectivity index (χ1v) is 6.35. The molecule has 2 N–H and O–H groups in total. The van der Waals surface area contributed by atoms with Crippen molar-refractivity contribution in [3.05, 3.63) is 47.4 Å². The second kappa shape index (κ2) is 5.17. The van der Waals surface area contributed by atoms with Crippen molar-refractivity contribution in [2.75, 3.05) is 0 Å². The maximum atomic E-state index is 3.47. The largest absolute Gasteiger partial charge is 0.358 e. The molecule has 2 aromatic rings. The van der Waals surface area contributed by atoms with E-state index in [1.54, 1.807) is 0 Å². The first-order valence-electron chi connectivity index (χ1n) is 6.35. The molecular formula is C15H21N3. The summed E-state index contributed by atoms with van der Waals surface area (Å²) in [5, 5.41) is 3.18. The van der Waals surface area contributed by atoms with Gasteiger partial charge in [0.25, 0.3) is 0 Å². The van der Waals surface area contributed by atoms with Gasteiger partial charge in [0.15, 0.2) is 0 Å². The first-order chi connectivity index (χ1) is 8.61. The van der Waals surface area contributed by atoms with E-state index in [0.717, 1.165) is 6.42 Å². The summed E-state index contributed by atoms with van der Waals surface area (Å²) in [6, 6.07) is 6.41. The van der Waals surface area contributed by atoms with Gasteiger partial charge in [-0.3, -0.25) is 4.68 Å². The number of nitrogens with zero attached hydrogens (tertiary/aromatic N) is 1. The highest BCUT2D eigenvalue weighted by Crippen LogP contribution is 2.23. The molecule has 18 heavy (non-hydrogen) atoms. The molecule has 0 bridgehead atoms. The number of hydrogen-bond donors (Lipinski definition) is 2. The molecule has 2 aromatic heterocycles. The van der Waals surface area contributed by atoms with Crippen LogP contribution in [0.3, 0.4) is 0 Å². The molecule has 3 nitrogen and oxygen atoms in total. The van der Waals surface area contributed by atoms with E-state index >= 15 is 0 Å². The van der Waals surface area contributed by atoms with Crippen LogP contribution in [0.15, 0.2) is 30.6 Å². The summed E-state index contributed by atoms with van der Waals surface area (Å²) < 4.78 is 1.97. The van der Waals surface area contributed by atoms with Crippen molar-refractivity contribution in [3.8, 4) is 11.3 Å². The van der Waals surface area contributed by atoms with E-state index < -0.39 is 0 Å². The summed E-state index contributed by atoms with van der Waals surface area (Å²) in [5.41, 5.74) is 6.24. The maximum Gasteiger partial charge on any atom is 0.0474 e. The lowest BCUT2D eigenvalue weighted by molar-refractivity contribution is 0.744.